The number of likely N-dealkylation sites (N-methyl/N-ethyl adjacent to an activating group) is 1. The third-order valence-corrected chi connectivity index (χ3v) is 3.99. The van der Waals surface area contributed by atoms with E-state index in [0.717, 1.165) is 5.82 Å². The summed E-state index contributed by atoms with van der Waals surface area (Å²) in [7, 11) is 1.71. The van der Waals surface area contributed by atoms with E-state index >= 15 is 0 Å². The average Bonchev–Trinajstić information content (AvgIpc) is 3.23. The van der Waals surface area contributed by atoms with Gasteiger partial charge in [0.25, 0.3) is 5.91 Å². The van der Waals surface area contributed by atoms with Gasteiger partial charge in [-0.3, -0.25) is 4.79 Å². The highest BCUT2D eigenvalue weighted by Gasteiger charge is 2.16. The minimum absolute atomic E-state index is 0.224. The van der Waals surface area contributed by atoms with E-state index in [-0.39, 0.29) is 24.0 Å². The maximum absolute atomic E-state index is 13.7. The molecule has 8 heteroatoms. The topological polar surface area (TPSA) is 68.8 Å². The van der Waals surface area contributed by atoms with Crippen molar-refractivity contribution in [3.8, 4) is 0 Å². The Kier molecular flexibility index (Phi) is 4.87. The Hall–Kier alpha value is -3.03. The number of hydrogen-bond acceptors (Lipinski definition) is 4. The van der Waals surface area contributed by atoms with Crippen LogP contribution >= 0.6 is 0 Å². The van der Waals surface area contributed by atoms with Crippen LogP contribution in [0.15, 0.2) is 42.9 Å². The molecule has 25 heavy (non-hydrogen) atoms. The molecule has 0 bridgehead atoms. The summed E-state index contributed by atoms with van der Waals surface area (Å²) in [5.74, 6) is 0.368. The van der Waals surface area contributed by atoms with Crippen LogP contribution in [0.3, 0.4) is 0 Å². The van der Waals surface area contributed by atoms with E-state index in [1.165, 1.54) is 16.9 Å². The zero-order valence-electron chi connectivity index (χ0n) is 14.1. The van der Waals surface area contributed by atoms with Gasteiger partial charge in [-0.15, -0.1) is 5.10 Å². The van der Waals surface area contributed by atoms with E-state index in [9.17, 15) is 9.18 Å². The first kappa shape index (κ1) is 16.8. The molecule has 0 aliphatic rings. The third-order valence-electron chi connectivity index (χ3n) is 3.99. The van der Waals surface area contributed by atoms with Crippen molar-refractivity contribution in [2.45, 2.75) is 20.0 Å². The normalized spacial score (nSPS) is 10.8. The number of halogens is 1. The molecule has 130 valence electrons. The van der Waals surface area contributed by atoms with Crippen molar-refractivity contribution < 1.29 is 9.18 Å². The van der Waals surface area contributed by atoms with Gasteiger partial charge in [-0.2, -0.15) is 0 Å². The van der Waals surface area contributed by atoms with Gasteiger partial charge >= 0.3 is 0 Å². The van der Waals surface area contributed by atoms with Crippen LogP contribution in [0, 0.1) is 12.7 Å². The molecule has 0 spiro atoms. The third kappa shape index (κ3) is 3.90. The minimum atomic E-state index is -0.307. The summed E-state index contributed by atoms with van der Waals surface area (Å²) in [6.07, 6.45) is 5.14. The number of aryl methyl sites for hydroxylation is 1. The van der Waals surface area contributed by atoms with Crippen LogP contribution in [0.4, 0.5) is 4.39 Å². The summed E-state index contributed by atoms with van der Waals surface area (Å²) in [4.78, 5) is 18.2. The molecule has 0 aliphatic carbocycles. The number of carbonyl (C=O) groups excluding carboxylic acids is 1. The van der Waals surface area contributed by atoms with Crippen LogP contribution in [-0.4, -0.2) is 48.9 Å². The largest absolute Gasteiger partial charge is 0.338 e. The van der Waals surface area contributed by atoms with Crippen molar-refractivity contribution in [1.82, 2.24) is 29.4 Å². The molecule has 3 aromatic rings. The number of hydrogen-bond donors (Lipinski definition) is 0. The molecular formula is C17H19FN6O. The maximum atomic E-state index is 13.7. The SMILES string of the molecule is Cc1nccn1CCN(C)C(=O)c1cn(Cc2ccccc2F)nn1. The van der Waals surface area contributed by atoms with Gasteiger partial charge in [-0.05, 0) is 13.0 Å². The number of aromatic nitrogens is 5. The quantitative estimate of drug-likeness (QED) is 0.684. The van der Waals surface area contributed by atoms with Crippen molar-refractivity contribution in [3.05, 3.63) is 65.8 Å². The van der Waals surface area contributed by atoms with E-state index in [1.807, 2.05) is 17.7 Å². The Bertz CT molecular complexity index is 871. The van der Waals surface area contributed by atoms with Gasteiger partial charge in [0.15, 0.2) is 5.69 Å². The highest BCUT2D eigenvalue weighted by Crippen LogP contribution is 2.09. The summed E-state index contributed by atoms with van der Waals surface area (Å²) in [5, 5.41) is 7.82. The molecule has 7 nitrogen and oxygen atoms in total. The van der Waals surface area contributed by atoms with E-state index < -0.39 is 0 Å². The van der Waals surface area contributed by atoms with Gasteiger partial charge in [0.2, 0.25) is 0 Å². The standard InChI is InChI=1S/C17H19FN6O/c1-13-19-7-8-23(13)10-9-22(2)17(25)16-12-24(21-20-16)11-14-5-3-4-6-15(14)18/h3-8,12H,9-11H2,1-2H3. The fraction of sp³-hybridized carbons (Fsp3) is 0.294. The molecule has 0 radical (unpaired) electrons. The van der Waals surface area contributed by atoms with Crippen molar-refractivity contribution in [1.29, 1.82) is 0 Å². The van der Waals surface area contributed by atoms with Crippen LogP contribution in [0.5, 0.6) is 0 Å². The smallest absolute Gasteiger partial charge is 0.275 e. The Labute approximate surface area is 144 Å². The Morgan fingerprint density at radius 3 is 2.84 bits per heavy atom. The molecule has 0 fully saturated rings. The van der Waals surface area contributed by atoms with Gasteiger partial charge in [-0.25, -0.2) is 14.1 Å². The molecule has 0 atom stereocenters. The lowest BCUT2D eigenvalue weighted by Gasteiger charge is -2.16. The first-order valence-electron chi connectivity index (χ1n) is 7.91. The second-order valence-electron chi connectivity index (χ2n) is 5.79. The van der Waals surface area contributed by atoms with E-state index in [1.54, 1.807) is 36.3 Å². The minimum Gasteiger partial charge on any atom is -0.338 e. The molecule has 0 aliphatic heterocycles. The average molecular weight is 342 g/mol. The molecule has 0 saturated carbocycles. The predicted octanol–water partition coefficient (Wildman–Crippen LogP) is 1.74. The number of rotatable bonds is 6. The second-order valence-corrected chi connectivity index (χ2v) is 5.79. The molecule has 0 saturated heterocycles. The zero-order valence-corrected chi connectivity index (χ0v) is 14.1. The summed E-state index contributed by atoms with van der Waals surface area (Å²) >= 11 is 0. The summed E-state index contributed by atoms with van der Waals surface area (Å²) in [6, 6.07) is 6.46. The van der Waals surface area contributed by atoms with Gasteiger partial charge in [-0.1, -0.05) is 23.4 Å². The van der Waals surface area contributed by atoms with Crippen molar-refractivity contribution >= 4 is 5.91 Å². The van der Waals surface area contributed by atoms with E-state index in [2.05, 4.69) is 15.3 Å². The highest BCUT2D eigenvalue weighted by atomic mass is 19.1. The zero-order chi connectivity index (χ0) is 17.8. The van der Waals surface area contributed by atoms with Crippen LogP contribution in [0.2, 0.25) is 0 Å². The van der Waals surface area contributed by atoms with Crippen molar-refractivity contribution in [2.75, 3.05) is 13.6 Å². The summed E-state index contributed by atoms with van der Waals surface area (Å²) in [6.45, 7) is 3.31. The Balaban J connectivity index is 1.62. The fourth-order valence-electron chi connectivity index (χ4n) is 2.47. The lowest BCUT2D eigenvalue weighted by atomic mass is 10.2. The fourth-order valence-corrected chi connectivity index (χ4v) is 2.47. The van der Waals surface area contributed by atoms with Crippen LogP contribution in [0.25, 0.3) is 0 Å². The molecule has 1 aromatic carbocycles. The summed E-state index contributed by atoms with van der Waals surface area (Å²) < 4.78 is 17.1. The lowest BCUT2D eigenvalue weighted by Crippen LogP contribution is -2.30. The molecule has 0 N–H and O–H groups in total. The van der Waals surface area contributed by atoms with E-state index in [0.29, 0.717) is 18.7 Å². The molecule has 3 rings (SSSR count). The number of carbonyl (C=O) groups is 1. The Morgan fingerprint density at radius 2 is 2.12 bits per heavy atom. The highest BCUT2D eigenvalue weighted by molar-refractivity contribution is 5.91. The molecule has 0 unspecified atom stereocenters. The molecule has 2 heterocycles. The van der Waals surface area contributed by atoms with Gasteiger partial charge in [0, 0.05) is 38.1 Å². The van der Waals surface area contributed by atoms with Crippen LogP contribution in [0.1, 0.15) is 21.9 Å². The Morgan fingerprint density at radius 1 is 1.32 bits per heavy atom. The molecule has 1 amide bonds. The van der Waals surface area contributed by atoms with Gasteiger partial charge in [0.05, 0.1) is 12.7 Å². The monoisotopic (exact) mass is 342 g/mol. The lowest BCUT2D eigenvalue weighted by molar-refractivity contribution is 0.0784. The number of imidazole rings is 1. The van der Waals surface area contributed by atoms with Gasteiger partial charge < -0.3 is 9.47 Å². The van der Waals surface area contributed by atoms with Crippen LogP contribution < -0.4 is 0 Å². The summed E-state index contributed by atoms with van der Waals surface area (Å²) in [5.41, 5.74) is 0.733. The number of nitrogens with zero attached hydrogens (tertiary/aromatic N) is 6. The van der Waals surface area contributed by atoms with Crippen molar-refractivity contribution in [2.24, 2.45) is 0 Å². The number of amides is 1. The second kappa shape index (κ2) is 7.25. The van der Waals surface area contributed by atoms with Gasteiger partial charge in [0.1, 0.15) is 11.6 Å². The first-order chi connectivity index (χ1) is 12.0. The van der Waals surface area contributed by atoms with Crippen molar-refractivity contribution in [3.63, 3.8) is 0 Å². The predicted molar refractivity (Wildman–Crippen MR) is 89.4 cm³/mol. The molecular weight excluding hydrogens is 323 g/mol. The first-order valence-corrected chi connectivity index (χ1v) is 7.91. The van der Waals surface area contributed by atoms with E-state index in [4.69, 9.17) is 0 Å². The maximum Gasteiger partial charge on any atom is 0.275 e. The number of benzene rings is 1. The molecule has 2 aromatic heterocycles. The van der Waals surface area contributed by atoms with Crippen LogP contribution in [-0.2, 0) is 13.1 Å².